The first-order chi connectivity index (χ1) is 9.90. The summed E-state index contributed by atoms with van der Waals surface area (Å²) in [6.07, 6.45) is 5.66. The first kappa shape index (κ1) is 12.9. The molecule has 0 aliphatic carbocycles. The molecule has 0 radical (unpaired) electrons. The highest BCUT2D eigenvalue weighted by Crippen LogP contribution is 2.20. The maximum absolute atomic E-state index is 3.49. The predicted molar refractivity (Wildman–Crippen MR) is 86.3 cm³/mol. The number of hydrogen-bond donors (Lipinski definition) is 1. The van der Waals surface area contributed by atoms with Crippen molar-refractivity contribution in [1.29, 1.82) is 0 Å². The molecule has 0 aromatic heterocycles. The van der Waals surface area contributed by atoms with Crippen LogP contribution in [0.25, 0.3) is 12.2 Å². The normalized spacial score (nSPS) is 19.4. The zero-order valence-electron chi connectivity index (χ0n) is 11.5. The lowest BCUT2D eigenvalue weighted by molar-refractivity contribution is 0.719. The summed E-state index contributed by atoms with van der Waals surface area (Å²) in [6, 6.07) is 21.1. The molecular formula is C19H19N. The fourth-order valence-electron chi connectivity index (χ4n) is 2.57. The van der Waals surface area contributed by atoms with E-state index < -0.39 is 0 Å². The average Bonchev–Trinajstić information content (AvgIpc) is 2.50. The Morgan fingerprint density at radius 1 is 0.650 bits per heavy atom. The summed E-state index contributed by atoms with van der Waals surface area (Å²) in [4.78, 5) is 0. The molecule has 100 valence electrons. The van der Waals surface area contributed by atoms with Crippen LogP contribution in [0.15, 0.2) is 71.8 Å². The second-order valence-corrected chi connectivity index (χ2v) is 5.21. The number of rotatable bonds is 2. The lowest BCUT2D eigenvalue weighted by atomic mass is 9.97. The third kappa shape index (κ3) is 3.46. The molecule has 0 atom stereocenters. The van der Waals surface area contributed by atoms with E-state index in [-0.39, 0.29) is 0 Å². The van der Waals surface area contributed by atoms with Crippen LogP contribution in [0.1, 0.15) is 17.5 Å². The SMILES string of the molecule is C(=C1/CNC/C(=C\c2ccccc2)C1)/c1ccccc1. The zero-order chi connectivity index (χ0) is 13.6. The van der Waals surface area contributed by atoms with Gasteiger partial charge < -0.3 is 5.32 Å². The minimum atomic E-state index is 0.987. The molecule has 0 unspecified atom stereocenters. The van der Waals surface area contributed by atoms with Crippen LogP contribution in [0.3, 0.4) is 0 Å². The molecule has 1 heteroatoms. The van der Waals surface area contributed by atoms with Crippen LogP contribution in [0.5, 0.6) is 0 Å². The van der Waals surface area contributed by atoms with Crippen molar-refractivity contribution in [3.8, 4) is 0 Å². The van der Waals surface area contributed by atoms with Crippen molar-refractivity contribution in [3.05, 3.63) is 82.9 Å². The van der Waals surface area contributed by atoms with Crippen molar-refractivity contribution in [3.63, 3.8) is 0 Å². The van der Waals surface area contributed by atoms with Crippen molar-refractivity contribution < 1.29 is 0 Å². The molecule has 1 aliphatic heterocycles. The van der Waals surface area contributed by atoms with Gasteiger partial charge in [-0.3, -0.25) is 0 Å². The third-order valence-electron chi connectivity index (χ3n) is 3.50. The van der Waals surface area contributed by atoms with E-state index >= 15 is 0 Å². The quantitative estimate of drug-likeness (QED) is 0.856. The molecule has 0 bridgehead atoms. The zero-order valence-corrected chi connectivity index (χ0v) is 11.5. The number of benzene rings is 2. The maximum Gasteiger partial charge on any atom is 0.0174 e. The van der Waals surface area contributed by atoms with E-state index in [1.807, 2.05) is 0 Å². The van der Waals surface area contributed by atoms with Crippen LogP contribution in [0, 0.1) is 0 Å². The van der Waals surface area contributed by atoms with Crippen LogP contribution < -0.4 is 5.32 Å². The van der Waals surface area contributed by atoms with Gasteiger partial charge in [0.05, 0.1) is 0 Å². The number of nitrogens with one attached hydrogen (secondary N) is 1. The van der Waals surface area contributed by atoms with Crippen LogP contribution in [-0.4, -0.2) is 13.1 Å². The Labute approximate surface area is 120 Å². The summed E-state index contributed by atoms with van der Waals surface area (Å²) < 4.78 is 0. The number of hydrogen-bond acceptors (Lipinski definition) is 1. The van der Waals surface area contributed by atoms with Crippen molar-refractivity contribution >= 4 is 12.2 Å². The second-order valence-electron chi connectivity index (χ2n) is 5.21. The summed E-state index contributed by atoms with van der Waals surface area (Å²) in [7, 11) is 0. The van der Waals surface area contributed by atoms with E-state index in [2.05, 4.69) is 78.1 Å². The summed E-state index contributed by atoms with van der Waals surface area (Å²) >= 11 is 0. The van der Waals surface area contributed by atoms with E-state index in [1.165, 1.54) is 22.3 Å². The molecule has 2 aromatic rings. The van der Waals surface area contributed by atoms with E-state index in [0.29, 0.717) is 0 Å². The lowest BCUT2D eigenvalue weighted by Crippen LogP contribution is -2.25. The molecule has 3 rings (SSSR count). The Morgan fingerprint density at radius 3 is 1.55 bits per heavy atom. The minimum absolute atomic E-state index is 0.987. The molecule has 1 saturated heterocycles. The van der Waals surface area contributed by atoms with Gasteiger partial charge in [0.1, 0.15) is 0 Å². The van der Waals surface area contributed by atoms with Gasteiger partial charge in [-0.15, -0.1) is 0 Å². The molecule has 0 amide bonds. The van der Waals surface area contributed by atoms with Crippen molar-refractivity contribution in [1.82, 2.24) is 5.32 Å². The lowest BCUT2D eigenvalue weighted by Gasteiger charge is -2.19. The first-order valence-electron chi connectivity index (χ1n) is 7.10. The Hall–Kier alpha value is -2.12. The smallest absolute Gasteiger partial charge is 0.0174 e. The van der Waals surface area contributed by atoms with Crippen LogP contribution >= 0.6 is 0 Å². The van der Waals surface area contributed by atoms with Crippen LogP contribution in [0.2, 0.25) is 0 Å². The third-order valence-corrected chi connectivity index (χ3v) is 3.50. The average molecular weight is 261 g/mol. The number of piperidine rings is 1. The molecule has 0 saturated carbocycles. The van der Waals surface area contributed by atoms with Gasteiger partial charge in [0.2, 0.25) is 0 Å². The molecule has 1 nitrogen and oxygen atoms in total. The van der Waals surface area contributed by atoms with E-state index in [0.717, 1.165) is 19.5 Å². The molecule has 1 fully saturated rings. The monoisotopic (exact) mass is 261 g/mol. The first-order valence-corrected chi connectivity index (χ1v) is 7.10. The van der Waals surface area contributed by atoms with Gasteiger partial charge in [-0.05, 0) is 17.5 Å². The van der Waals surface area contributed by atoms with Crippen LogP contribution in [-0.2, 0) is 0 Å². The van der Waals surface area contributed by atoms with Gasteiger partial charge in [0.15, 0.2) is 0 Å². The van der Waals surface area contributed by atoms with Crippen LogP contribution in [0.4, 0.5) is 0 Å². The topological polar surface area (TPSA) is 12.0 Å². The molecule has 0 spiro atoms. The Kier molecular flexibility index (Phi) is 4.10. The highest BCUT2D eigenvalue weighted by molar-refractivity contribution is 5.59. The molecule has 1 N–H and O–H groups in total. The van der Waals surface area contributed by atoms with E-state index in [4.69, 9.17) is 0 Å². The van der Waals surface area contributed by atoms with E-state index in [1.54, 1.807) is 0 Å². The summed E-state index contributed by atoms with van der Waals surface area (Å²) in [5, 5.41) is 3.49. The molecule has 20 heavy (non-hydrogen) atoms. The van der Waals surface area contributed by atoms with Gasteiger partial charge in [-0.25, -0.2) is 0 Å². The van der Waals surface area contributed by atoms with Crippen molar-refractivity contribution in [2.45, 2.75) is 6.42 Å². The van der Waals surface area contributed by atoms with Gasteiger partial charge in [-0.2, -0.15) is 0 Å². The summed E-state index contributed by atoms with van der Waals surface area (Å²) in [5.74, 6) is 0. The molecule has 2 aromatic carbocycles. The molecule has 1 heterocycles. The fourth-order valence-corrected chi connectivity index (χ4v) is 2.57. The molecular weight excluding hydrogens is 242 g/mol. The highest BCUT2D eigenvalue weighted by Gasteiger charge is 2.09. The fraction of sp³-hybridized carbons (Fsp3) is 0.158. The summed E-state index contributed by atoms with van der Waals surface area (Å²) in [6.45, 7) is 1.97. The van der Waals surface area contributed by atoms with Gasteiger partial charge in [-0.1, -0.05) is 84.0 Å². The largest absolute Gasteiger partial charge is 0.309 e. The standard InChI is InChI=1S/C19H19N/c1-3-7-16(8-4-1)11-18-13-19(15-20-14-18)12-17-9-5-2-6-10-17/h1-12,20H,13-15H2/b18-11-,19-12-. The second kappa shape index (κ2) is 6.36. The van der Waals surface area contributed by atoms with Crippen molar-refractivity contribution in [2.24, 2.45) is 0 Å². The van der Waals surface area contributed by atoms with E-state index in [9.17, 15) is 0 Å². The highest BCUT2D eigenvalue weighted by atomic mass is 14.9. The van der Waals surface area contributed by atoms with Gasteiger partial charge in [0.25, 0.3) is 0 Å². The minimum Gasteiger partial charge on any atom is -0.309 e. The Morgan fingerprint density at radius 2 is 1.10 bits per heavy atom. The van der Waals surface area contributed by atoms with Gasteiger partial charge in [0, 0.05) is 13.1 Å². The summed E-state index contributed by atoms with van der Waals surface area (Å²) in [5.41, 5.74) is 5.46. The predicted octanol–water partition coefficient (Wildman–Crippen LogP) is 4.15. The van der Waals surface area contributed by atoms with Crippen molar-refractivity contribution in [2.75, 3.05) is 13.1 Å². The molecule has 1 aliphatic rings. The van der Waals surface area contributed by atoms with Gasteiger partial charge >= 0.3 is 0 Å². The Balaban J connectivity index is 1.77. The Bertz CT molecular complexity index is 553. The maximum atomic E-state index is 3.49.